The minimum absolute atomic E-state index is 0.383. The van der Waals surface area contributed by atoms with Gasteiger partial charge in [0.25, 0.3) is 6.29 Å². The summed E-state index contributed by atoms with van der Waals surface area (Å²) in [6.45, 7) is 4.47. The third-order valence-electron chi connectivity index (χ3n) is 0.946. The van der Waals surface area contributed by atoms with E-state index in [1.807, 2.05) is 0 Å². The zero-order chi connectivity index (χ0) is 10.3. The van der Waals surface area contributed by atoms with Crippen LogP contribution >= 0.6 is 0 Å². The number of nitriles is 1. The third-order valence-corrected chi connectivity index (χ3v) is 0.946. The molecule has 0 amide bonds. The number of carbonyl (C=O) groups is 2. The first-order valence-electron chi connectivity index (χ1n) is 3.46. The van der Waals surface area contributed by atoms with Crippen LogP contribution in [0, 0.1) is 11.3 Å². The van der Waals surface area contributed by atoms with E-state index in [2.05, 4.69) is 16.1 Å². The first-order valence-corrected chi connectivity index (χ1v) is 3.46. The summed E-state index contributed by atoms with van der Waals surface area (Å²) in [5, 5.41) is 8.12. The molecule has 0 spiro atoms. The Morgan fingerprint density at radius 2 is 2.23 bits per heavy atom. The zero-order valence-electron chi connectivity index (χ0n) is 7.15. The van der Waals surface area contributed by atoms with E-state index in [-0.39, 0.29) is 6.42 Å². The predicted molar refractivity (Wildman–Crippen MR) is 42.1 cm³/mol. The van der Waals surface area contributed by atoms with E-state index in [4.69, 9.17) is 5.26 Å². The van der Waals surface area contributed by atoms with E-state index in [1.54, 1.807) is 6.07 Å². The highest BCUT2D eigenvalue weighted by Gasteiger charge is 2.12. The van der Waals surface area contributed by atoms with Crippen LogP contribution in [0.25, 0.3) is 0 Å². The minimum atomic E-state index is -1.11. The average Bonchev–Trinajstić information content (AvgIpc) is 2.02. The second-order valence-corrected chi connectivity index (χ2v) is 2.04. The van der Waals surface area contributed by atoms with E-state index < -0.39 is 18.2 Å². The van der Waals surface area contributed by atoms with Crippen molar-refractivity contribution < 1.29 is 19.1 Å². The van der Waals surface area contributed by atoms with Crippen LogP contribution in [0.3, 0.4) is 0 Å². The number of rotatable bonds is 4. The van der Waals surface area contributed by atoms with Gasteiger partial charge in [0, 0.05) is 6.92 Å². The van der Waals surface area contributed by atoms with Crippen molar-refractivity contribution in [2.45, 2.75) is 19.6 Å². The Morgan fingerprint density at radius 3 is 2.62 bits per heavy atom. The lowest BCUT2D eigenvalue weighted by Crippen LogP contribution is -2.20. The molecule has 13 heavy (non-hydrogen) atoms. The lowest BCUT2D eigenvalue weighted by Gasteiger charge is -2.11. The number of hydrogen-bond donors (Lipinski definition) is 0. The van der Waals surface area contributed by atoms with Crippen molar-refractivity contribution in [1.82, 2.24) is 0 Å². The van der Waals surface area contributed by atoms with Gasteiger partial charge in [-0.05, 0) is 6.08 Å². The Morgan fingerprint density at radius 1 is 1.62 bits per heavy atom. The van der Waals surface area contributed by atoms with Crippen molar-refractivity contribution in [2.24, 2.45) is 0 Å². The fourth-order valence-corrected chi connectivity index (χ4v) is 0.520. The number of hydrogen-bond acceptors (Lipinski definition) is 5. The first-order chi connectivity index (χ1) is 6.10. The van der Waals surface area contributed by atoms with E-state index >= 15 is 0 Å². The van der Waals surface area contributed by atoms with Crippen LogP contribution in [-0.4, -0.2) is 18.2 Å². The molecule has 1 atom stereocenters. The highest BCUT2D eigenvalue weighted by atomic mass is 16.7. The molecule has 0 fully saturated rings. The van der Waals surface area contributed by atoms with Crippen LogP contribution in [0.2, 0.25) is 0 Å². The molecular formula is C8H9NO4. The maximum atomic E-state index is 10.7. The van der Waals surface area contributed by atoms with Gasteiger partial charge in [0.2, 0.25) is 0 Å². The summed E-state index contributed by atoms with van der Waals surface area (Å²) in [6.07, 6.45) is -0.346. The van der Waals surface area contributed by atoms with Crippen molar-refractivity contribution in [3.63, 3.8) is 0 Å². The summed E-state index contributed by atoms with van der Waals surface area (Å²) >= 11 is 0. The number of ether oxygens (including phenoxy) is 2. The highest BCUT2D eigenvalue weighted by molar-refractivity contribution is 5.72. The second-order valence-electron chi connectivity index (χ2n) is 2.04. The van der Waals surface area contributed by atoms with Gasteiger partial charge in [-0.3, -0.25) is 9.59 Å². The van der Waals surface area contributed by atoms with Gasteiger partial charge in [-0.25, -0.2) is 0 Å². The molecule has 0 aromatic carbocycles. The molecule has 5 heteroatoms. The van der Waals surface area contributed by atoms with Crippen molar-refractivity contribution in [2.75, 3.05) is 0 Å². The van der Waals surface area contributed by atoms with E-state index in [0.29, 0.717) is 0 Å². The summed E-state index contributed by atoms with van der Waals surface area (Å²) in [5.41, 5.74) is 0. The maximum Gasteiger partial charge on any atom is 0.323 e. The molecule has 0 heterocycles. The molecule has 0 radical (unpaired) electrons. The molecule has 70 valence electrons. The molecule has 0 bridgehead atoms. The van der Waals surface area contributed by atoms with E-state index in [0.717, 1.165) is 6.08 Å². The summed E-state index contributed by atoms with van der Waals surface area (Å²) < 4.78 is 9.04. The van der Waals surface area contributed by atoms with Gasteiger partial charge in [0.1, 0.15) is 6.42 Å². The van der Waals surface area contributed by atoms with Crippen molar-refractivity contribution in [3.8, 4) is 6.07 Å². The predicted octanol–water partition coefficient (Wildman–Crippen LogP) is 0.518. The van der Waals surface area contributed by atoms with Gasteiger partial charge in [-0.15, -0.1) is 0 Å². The molecular weight excluding hydrogens is 174 g/mol. The highest BCUT2D eigenvalue weighted by Crippen LogP contribution is 1.98. The van der Waals surface area contributed by atoms with Crippen molar-refractivity contribution in [1.29, 1.82) is 5.26 Å². The standard InChI is InChI=1S/C8H9NO4/c1-3-8(12-6(2)10)13-7(11)4-5-9/h3,8H,1,4H2,2H3. The van der Waals surface area contributed by atoms with Crippen LogP contribution in [0.4, 0.5) is 0 Å². The molecule has 0 aliphatic rings. The van der Waals surface area contributed by atoms with Gasteiger partial charge in [0.15, 0.2) is 0 Å². The first kappa shape index (κ1) is 11.2. The lowest BCUT2D eigenvalue weighted by atomic mass is 10.5. The van der Waals surface area contributed by atoms with Gasteiger partial charge in [-0.1, -0.05) is 6.58 Å². The topological polar surface area (TPSA) is 76.4 Å². The second kappa shape index (κ2) is 5.77. The Bertz CT molecular complexity index is 253. The van der Waals surface area contributed by atoms with Gasteiger partial charge >= 0.3 is 11.9 Å². The number of carbonyl (C=O) groups excluding carboxylic acids is 2. The molecule has 0 rings (SSSR count). The Kier molecular flexibility index (Phi) is 4.96. The van der Waals surface area contributed by atoms with Crippen LogP contribution in [0.1, 0.15) is 13.3 Å². The molecule has 0 aromatic rings. The fraction of sp³-hybridized carbons (Fsp3) is 0.375. The van der Waals surface area contributed by atoms with Crippen molar-refractivity contribution >= 4 is 11.9 Å². The van der Waals surface area contributed by atoms with Crippen LogP contribution in [0.15, 0.2) is 12.7 Å². The molecule has 1 unspecified atom stereocenters. The largest absolute Gasteiger partial charge is 0.421 e. The average molecular weight is 183 g/mol. The maximum absolute atomic E-state index is 10.7. The Labute approximate surface area is 75.5 Å². The molecule has 0 aromatic heterocycles. The summed E-state index contributed by atoms with van der Waals surface area (Å²) in [4.78, 5) is 21.1. The Balaban J connectivity index is 3.99. The molecule has 0 aliphatic carbocycles. The molecule has 5 nitrogen and oxygen atoms in total. The molecule has 0 N–H and O–H groups in total. The van der Waals surface area contributed by atoms with Crippen LogP contribution in [0.5, 0.6) is 0 Å². The molecule has 0 aliphatic heterocycles. The van der Waals surface area contributed by atoms with Gasteiger partial charge in [-0.2, -0.15) is 5.26 Å². The minimum Gasteiger partial charge on any atom is -0.421 e. The smallest absolute Gasteiger partial charge is 0.323 e. The van der Waals surface area contributed by atoms with Gasteiger partial charge < -0.3 is 9.47 Å². The van der Waals surface area contributed by atoms with Crippen LogP contribution in [-0.2, 0) is 19.1 Å². The monoisotopic (exact) mass is 183 g/mol. The molecule has 0 saturated carbocycles. The molecule has 0 saturated heterocycles. The zero-order valence-corrected chi connectivity index (χ0v) is 7.15. The SMILES string of the molecule is C=CC(OC(C)=O)OC(=O)CC#N. The van der Waals surface area contributed by atoms with Gasteiger partial charge in [0.05, 0.1) is 6.07 Å². The third kappa shape index (κ3) is 5.44. The van der Waals surface area contributed by atoms with Crippen LogP contribution < -0.4 is 0 Å². The van der Waals surface area contributed by atoms with E-state index in [9.17, 15) is 9.59 Å². The summed E-state index contributed by atoms with van der Waals surface area (Å²) in [5.74, 6) is -1.34. The summed E-state index contributed by atoms with van der Waals surface area (Å²) in [7, 11) is 0. The number of nitrogens with zero attached hydrogens (tertiary/aromatic N) is 1. The quantitative estimate of drug-likeness (QED) is 0.360. The van der Waals surface area contributed by atoms with Crippen molar-refractivity contribution in [3.05, 3.63) is 12.7 Å². The summed E-state index contributed by atoms with van der Waals surface area (Å²) in [6, 6.07) is 1.60. The fourth-order valence-electron chi connectivity index (χ4n) is 0.520. The normalized spacial score (nSPS) is 10.8. The lowest BCUT2D eigenvalue weighted by molar-refractivity contribution is -0.177. The Hall–Kier alpha value is -1.83. The number of esters is 2. The van der Waals surface area contributed by atoms with E-state index in [1.165, 1.54) is 6.92 Å².